The van der Waals surface area contributed by atoms with Crippen LogP contribution < -0.4 is 10.2 Å². The second-order valence-electron chi connectivity index (χ2n) is 10.8. The molecule has 0 radical (unpaired) electrons. The summed E-state index contributed by atoms with van der Waals surface area (Å²) in [6, 6.07) is 16.5. The van der Waals surface area contributed by atoms with Gasteiger partial charge < -0.3 is 14.2 Å². The lowest BCUT2D eigenvalue weighted by Crippen LogP contribution is -2.51. The maximum Gasteiger partial charge on any atom is 0.246 e. The van der Waals surface area contributed by atoms with Gasteiger partial charge in [-0.3, -0.25) is 19.9 Å². The Balaban J connectivity index is 1.50. The van der Waals surface area contributed by atoms with Gasteiger partial charge in [0.1, 0.15) is 11.5 Å². The molecule has 6 heterocycles. The van der Waals surface area contributed by atoms with E-state index in [9.17, 15) is 9.59 Å². The fourth-order valence-corrected chi connectivity index (χ4v) is 6.32. The van der Waals surface area contributed by atoms with Crippen molar-refractivity contribution in [2.24, 2.45) is 13.0 Å². The van der Waals surface area contributed by atoms with Crippen LogP contribution in [0.4, 0.5) is 5.82 Å². The highest BCUT2D eigenvalue weighted by molar-refractivity contribution is 6.06. The molecule has 0 bridgehead atoms. The summed E-state index contributed by atoms with van der Waals surface area (Å²) < 4.78 is 9.84. The molecule has 2 fully saturated rings. The molecule has 1 N–H and O–H groups in total. The van der Waals surface area contributed by atoms with Crippen LogP contribution in [0.15, 0.2) is 54.7 Å². The number of rotatable bonds is 5. The number of benzene rings is 1. The molecule has 2 aliphatic rings. The average molecular weight is 551 g/mol. The minimum Gasteiger partial charge on any atom is -0.381 e. The number of amides is 2. The minimum atomic E-state index is -0.334. The second-order valence-corrected chi connectivity index (χ2v) is 10.8. The van der Waals surface area contributed by atoms with Crippen LogP contribution in [0.5, 0.6) is 0 Å². The van der Waals surface area contributed by atoms with Crippen molar-refractivity contribution in [3.63, 3.8) is 0 Å². The van der Waals surface area contributed by atoms with E-state index in [0.29, 0.717) is 24.9 Å². The lowest BCUT2D eigenvalue weighted by Gasteiger charge is -2.33. The molecule has 41 heavy (non-hydrogen) atoms. The number of carbonyl (C=O) groups is 2. The van der Waals surface area contributed by atoms with E-state index in [4.69, 9.17) is 14.7 Å². The quantitative estimate of drug-likeness (QED) is 0.332. The van der Waals surface area contributed by atoms with Crippen LogP contribution in [-0.2, 0) is 21.4 Å². The van der Waals surface area contributed by atoms with Crippen LogP contribution in [-0.4, -0.2) is 67.6 Å². The van der Waals surface area contributed by atoms with Gasteiger partial charge in [-0.2, -0.15) is 0 Å². The molecule has 4 aromatic heterocycles. The Morgan fingerprint density at radius 1 is 1.02 bits per heavy atom. The van der Waals surface area contributed by atoms with Crippen molar-refractivity contribution in [2.75, 3.05) is 31.2 Å². The van der Waals surface area contributed by atoms with Crippen molar-refractivity contribution in [2.45, 2.75) is 25.8 Å². The molecule has 0 unspecified atom stereocenters. The first kappa shape index (κ1) is 25.3. The van der Waals surface area contributed by atoms with E-state index in [-0.39, 0.29) is 30.9 Å². The van der Waals surface area contributed by atoms with Crippen molar-refractivity contribution in [1.29, 1.82) is 0 Å². The van der Waals surface area contributed by atoms with Gasteiger partial charge in [0.05, 0.1) is 41.6 Å². The number of hydrogen-bond acceptors (Lipinski definition) is 8. The average Bonchev–Trinajstić information content (AvgIpc) is 3.49. The summed E-state index contributed by atoms with van der Waals surface area (Å²) in [4.78, 5) is 36.2. The van der Waals surface area contributed by atoms with E-state index in [2.05, 4.69) is 50.5 Å². The van der Waals surface area contributed by atoms with Crippen LogP contribution in [0.1, 0.15) is 30.1 Å². The molecule has 2 aliphatic heterocycles. The molecule has 2 saturated heterocycles. The van der Waals surface area contributed by atoms with E-state index < -0.39 is 0 Å². The number of aryl methyl sites for hydroxylation is 2. The van der Waals surface area contributed by atoms with Crippen molar-refractivity contribution in [1.82, 2.24) is 34.8 Å². The molecule has 11 nitrogen and oxygen atoms in total. The number of imide groups is 1. The highest BCUT2D eigenvalue weighted by Gasteiger charge is 2.32. The van der Waals surface area contributed by atoms with E-state index in [1.165, 1.54) is 5.56 Å². The Morgan fingerprint density at radius 3 is 2.49 bits per heavy atom. The second kappa shape index (κ2) is 10.1. The number of pyridine rings is 2. The van der Waals surface area contributed by atoms with E-state index >= 15 is 0 Å². The van der Waals surface area contributed by atoms with Crippen LogP contribution in [0, 0.1) is 12.8 Å². The zero-order valence-electron chi connectivity index (χ0n) is 22.9. The Morgan fingerprint density at radius 2 is 1.78 bits per heavy atom. The van der Waals surface area contributed by atoms with Crippen LogP contribution in [0.2, 0.25) is 0 Å². The van der Waals surface area contributed by atoms with Gasteiger partial charge in [0.15, 0.2) is 0 Å². The summed E-state index contributed by atoms with van der Waals surface area (Å²) >= 11 is 0. The third kappa shape index (κ3) is 4.42. The fraction of sp³-hybridized carbons (Fsp3) is 0.333. The largest absolute Gasteiger partial charge is 0.381 e. The van der Waals surface area contributed by atoms with Crippen molar-refractivity contribution in [3.05, 3.63) is 66.0 Å². The molecule has 0 aliphatic carbocycles. The van der Waals surface area contributed by atoms with Gasteiger partial charge >= 0.3 is 0 Å². The molecule has 1 aromatic carbocycles. The third-order valence-electron chi connectivity index (χ3n) is 8.14. The Labute approximate surface area is 236 Å². The topological polar surface area (TPSA) is 120 Å². The molecule has 2 amide bonds. The number of nitrogens with zero attached hydrogens (tertiary/aromatic N) is 7. The van der Waals surface area contributed by atoms with Crippen LogP contribution in [0.25, 0.3) is 33.3 Å². The Hall–Kier alpha value is -4.64. The van der Waals surface area contributed by atoms with E-state index in [0.717, 1.165) is 51.9 Å². The maximum absolute atomic E-state index is 12.2. The van der Waals surface area contributed by atoms with Crippen LogP contribution >= 0.6 is 0 Å². The molecule has 208 valence electrons. The number of fused-ring (bicyclic) bond motifs is 3. The Kier molecular flexibility index (Phi) is 6.23. The fourth-order valence-electron chi connectivity index (χ4n) is 6.32. The summed E-state index contributed by atoms with van der Waals surface area (Å²) in [5.41, 5.74) is 6.40. The van der Waals surface area contributed by atoms with Gasteiger partial charge in [-0.1, -0.05) is 35.5 Å². The van der Waals surface area contributed by atoms with Gasteiger partial charge in [0, 0.05) is 37.4 Å². The monoisotopic (exact) mass is 550 g/mol. The number of aromatic nitrogens is 6. The van der Waals surface area contributed by atoms with Crippen molar-refractivity contribution >= 4 is 39.7 Å². The predicted molar refractivity (Wildman–Crippen MR) is 153 cm³/mol. The Bertz CT molecular complexity index is 1750. The van der Waals surface area contributed by atoms with Gasteiger partial charge in [-0.05, 0) is 49.4 Å². The summed E-state index contributed by atoms with van der Waals surface area (Å²) in [7, 11) is 1.88. The maximum atomic E-state index is 12.2. The molecule has 11 heteroatoms. The molecule has 7 rings (SSSR count). The van der Waals surface area contributed by atoms with Gasteiger partial charge in [0.25, 0.3) is 0 Å². The van der Waals surface area contributed by atoms with Gasteiger partial charge in [-0.15, -0.1) is 5.10 Å². The van der Waals surface area contributed by atoms with Crippen molar-refractivity contribution in [3.8, 4) is 11.3 Å². The first-order valence-corrected chi connectivity index (χ1v) is 13.9. The number of hydrogen-bond donors (Lipinski definition) is 1. The summed E-state index contributed by atoms with van der Waals surface area (Å²) in [6.45, 7) is 3.50. The standard InChI is InChI=1S/C30H30N8O3/c1-18-28(36(2)35-34-18)21-14-23-27(31-15-21)22-8-9-24(37-16-25(39)33-26(40)17-37)32-30(22)38(23)29(19-6-4-3-5-7-19)20-10-12-41-13-11-20/h3-9,14-15,20,29H,10-13,16-17H2,1-2H3,(H,33,39,40)/t29-/m1/s1. The number of nitrogens with one attached hydrogen (secondary N) is 1. The van der Waals surface area contributed by atoms with E-state index in [1.807, 2.05) is 38.4 Å². The summed E-state index contributed by atoms with van der Waals surface area (Å²) in [5, 5.41) is 11.8. The lowest BCUT2D eigenvalue weighted by atomic mass is 9.86. The summed E-state index contributed by atoms with van der Waals surface area (Å²) in [6.07, 6.45) is 3.70. The normalized spacial score (nSPS) is 17.4. The molecular weight excluding hydrogens is 520 g/mol. The minimum absolute atomic E-state index is 0.0306. The molecular formula is C30H30N8O3. The smallest absolute Gasteiger partial charge is 0.246 e. The van der Waals surface area contributed by atoms with Crippen LogP contribution in [0.3, 0.4) is 0 Å². The highest BCUT2D eigenvalue weighted by atomic mass is 16.5. The molecule has 0 spiro atoms. The lowest BCUT2D eigenvalue weighted by molar-refractivity contribution is -0.130. The highest BCUT2D eigenvalue weighted by Crippen LogP contribution is 2.41. The molecule has 0 saturated carbocycles. The van der Waals surface area contributed by atoms with Crippen molar-refractivity contribution < 1.29 is 14.3 Å². The zero-order chi connectivity index (χ0) is 28.1. The molecule has 1 atom stereocenters. The van der Waals surface area contributed by atoms with Gasteiger partial charge in [0.2, 0.25) is 11.8 Å². The number of ether oxygens (including phenoxy) is 1. The number of piperazine rings is 1. The SMILES string of the molecule is Cc1nnn(C)c1-c1cnc2c3ccc(N4CC(=O)NC(=O)C4)nc3n([C@H](c3ccccc3)C3CCOCC3)c2c1. The predicted octanol–water partition coefficient (Wildman–Crippen LogP) is 3.17. The zero-order valence-corrected chi connectivity index (χ0v) is 22.9. The number of carbonyl (C=O) groups excluding carboxylic acids is 2. The third-order valence-corrected chi connectivity index (χ3v) is 8.14. The number of anilines is 1. The van der Waals surface area contributed by atoms with Gasteiger partial charge in [-0.25, -0.2) is 9.67 Å². The van der Waals surface area contributed by atoms with E-state index in [1.54, 1.807) is 9.58 Å². The molecule has 5 aromatic rings. The summed E-state index contributed by atoms with van der Waals surface area (Å²) in [5.74, 6) is 0.219. The first-order chi connectivity index (χ1) is 20.0. The first-order valence-electron chi connectivity index (χ1n) is 13.9.